The molecule has 17 heavy (non-hydrogen) atoms. The van der Waals surface area contributed by atoms with Crippen molar-refractivity contribution < 1.29 is 9.90 Å². The van der Waals surface area contributed by atoms with Crippen LogP contribution in [0.25, 0.3) is 0 Å². The van der Waals surface area contributed by atoms with Gasteiger partial charge >= 0.3 is 0 Å². The molecule has 0 aromatic carbocycles. The molecule has 0 bridgehead atoms. The summed E-state index contributed by atoms with van der Waals surface area (Å²) in [5, 5.41) is 16.4. The summed E-state index contributed by atoms with van der Waals surface area (Å²) in [6.07, 6.45) is 2.58. The first kappa shape index (κ1) is 12.3. The molecule has 1 aromatic heterocycles. The minimum absolute atomic E-state index is 0.166. The van der Waals surface area contributed by atoms with E-state index in [0.717, 1.165) is 30.0 Å². The lowest BCUT2D eigenvalue weighted by Gasteiger charge is -2.36. The lowest BCUT2D eigenvalue weighted by Crippen LogP contribution is -2.47. The highest BCUT2D eigenvalue weighted by Gasteiger charge is 2.34. The van der Waals surface area contributed by atoms with Crippen LogP contribution in [0.4, 0.5) is 5.00 Å². The van der Waals surface area contributed by atoms with Crippen molar-refractivity contribution in [3.05, 3.63) is 11.3 Å². The monoisotopic (exact) mass is 255 g/mol. The molecule has 0 aliphatic heterocycles. The van der Waals surface area contributed by atoms with Gasteiger partial charge in [-0.2, -0.15) is 4.37 Å². The largest absolute Gasteiger partial charge is 0.388 e. The summed E-state index contributed by atoms with van der Waals surface area (Å²) in [6, 6.07) is 0. The van der Waals surface area contributed by atoms with E-state index in [-0.39, 0.29) is 5.91 Å². The molecule has 1 fully saturated rings. The predicted molar refractivity (Wildman–Crippen MR) is 67.5 cm³/mol. The standard InChI is InChI=1S/C11H17N3O2S/c1-7-8(10(12-2)17-14-7)9(15)13-6-11(16)4-3-5-11/h12,16H,3-6H2,1-2H3,(H,13,15). The van der Waals surface area contributed by atoms with Gasteiger partial charge in [0, 0.05) is 13.6 Å². The number of aryl methyl sites for hydroxylation is 1. The number of anilines is 1. The fourth-order valence-corrected chi connectivity index (χ4v) is 2.65. The molecule has 0 spiro atoms. The molecule has 1 saturated carbocycles. The highest BCUT2D eigenvalue weighted by atomic mass is 32.1. The summed E-state index contributed by atoms with van der Waals surface area (Å²) < 4.78 is 4.14. The molecular weight excluding hydrogens is 238 g/mol. The molecule has 0 saturated heterocycles. The zero-order valence-corrected chi connectivity index (χ0v) is 10.9. The van der Waals surface area contributed by atoms with Crippen molar-refractivity contribution in [2.45, 2.75) is 31.8 Å². The fraction of sp³-hybridized carbons (Fsp3) is 0.636. The van der Waals surface area contributed by atoms with Gasteiger partial charge in [0.2, 0.25) is 0 Å². The number of hydrogen-bond donors (Lipinski definition) is 3. The Bertz CT molecular complexity index is 426. The van der Waals surface area contributed by atoms with Gasteiger partial charge in [0.1, 0.15) is 5.00 Å². The molecule has 1 aromatic rings. The van der Waals surface area contributed by atoms with Crippen molar-refractivity contribution in [2.75, 3.05) is 18.9 Å². The maximum atomic E-state index is 12.0. The molecule has 1 amide bonds. The molecule has 94 valence electrons. The number of nitrogens with zero attached hydrogens (tertiary/aromatic N) is 1. The first-order valence-electron chi connectivity index (χ1n) is 5.70. The Morgan fingerprint density at radius 2 is 2.29 bits per heavy atom. The summed E-state index contributed by atoms with van der Waals surface area (Å²) in [5.41, 5.74) is 0.616. The average Bonchev–Trinajstić information content (AvgIpc) is 2.64. The molecule has 0 unspecified atom stereocenters. The van der Waals surface area contributed by atoms with E-state index in [4.69, 9.17) is 0 Å². The molecule has 2 rings (SSSR count). The number of aliphatic hydroxyl groups is 1. The average molecular weight is 255 g/mol. The van der Waals surface area contributed by atoms with Crippen LogP contribution in [0.3, 0.4) is 0 Å². The summed E-state index contributed by atoms with van der Waals surface area (Å²) >= 11 is 1.27. The zero-order valence-electron chi connectivity index (χ0n) is 10.0. The third-order valence-corrected chi connectivity index (χ3v) is 4.14. The maximum absolute atomic E-state index is 12.0. The number of nitrogens with one attached hydrogen (secondary N) is 2. The molecule has 0 atom stereocenters. The number of carbonyl (C=O) groups is 1. The van der Waals surface area contributed by atoms with Gasteiger partial charge in [0.25, 0.3) is 5.91 Å². The van der Waals surface area contributed by atoms with E-state index in [0.29, 0.717) is 12.1 Å². The Hall–Kier alpha value is -1.14. The number of aromatic nitrogens is 1. The van der Waals surface area contributed by atoms with Crippen molar-refractivity contribution in [3.8, 4) is 0 Å². The second kappa shape index (κ2) is 4.62. The van der Waals surface area contributed by atoms with Gasteiger partial charge in [-0.25, -0.2) is 0 Å². The van der Waals surface area contributed by atoms with Crippen LogP contribution in [0.15, 0.2) is 0 Å². The van der Waals surface area contributed by atoms with Gasteiger partial charge < -0.3 is 15.7 Å². The van der Waals surface area contributed by atoms with Gasteiger partial charge in [-0.05, 0) is 37.7 Å². The van der Waals surface area contributed by atoms with E-state index < -0.39 is 5.60 Å². The predicted octanol–water partition coefficient (Wildman–Crippen LogP) is 1.14. The summed E-state index contributed by atoms with van der Waals surface area (Å²) in [4.78, 5) is 12.0. The van der Waals surface area contributed by atoms with Crippen LogP contribution in [0.2, 0.25) is 0 Å². The van der Waals surface area contributed by atoms with Gasteiger partial charge in [-0.3, -0.25) is 4.79 Å². The molecule has 1 heterocycles. The topological polar surface area (TPSA) is 74.2 Å². The molecule has 0 radical (unpaired) electrons. The second-order valence-corrected chi connectivity index (χ2v) is 5.26. The van der Waals surface area contributed by atoms with Crippen LogP contribution < -0.4 is 10.6 Å². The van der Waals surface area contributed by atoms with E-state index >= 15 is 0 Å². The molecular formula is C11H17N3O2S. The Balaban J connectivity index is 2.01. The number of carbonyl (C=O) groups excluding carboxylic acids is 1. The Morgan fingerprint density at radius 1 is 1.59 bits per heavy atom. The van der Waals surface area contributed by atoms with Crippen LogP contribution in [-0.4, -0.2) is 34.6 Å². The van der Waals surface area contributed by atoms with Crippen molar-refractivity contribution in [2.24, 2.45) is 0 Å². The van der Waals surface area contributed by atoms with E-state index in [1.54, 1.807) is 7.05 Å². The third kappa shape index (κ3) is 2.42. The number of amides is 1. The van der Waals surface area contributed by atoms with E-state index in [9.17, 15) is 9.90 Å². The lowest BCUT2D eigenvalue weighted by atomic mass is 9.80. The van der Waals surface area contributed by atoms with Gasteiger partial charge in [0.15, 0.2) is 0 Å². The Morgan fingerprint density at radius 3 is 2.82 bits per heavy atom. The van der Waals surface area contributed by atoms with Crippen LogP contribution in [-0.2, 0) is 0 Å². The minimum Gasteiger partial charge on any atom is -0.388 e. The van der Waals surface area contributed by atoms with E-state index in [2.05, 4.69) is 15.0 Å². The second-order valence-electron chi connectivity index (χ2n) is 4.48. The van der Waals surface area contributed by atoms with Crippen LogP contribution in [0, 0.1) is 6.92 Å². The Labute approximate surface area is 104 Å². The quantitative estimate of drug-likeness (QED) is 0.754. The minimum atomic E-state index is -0.688. The third-order valence-electron chi connectivity index (χ3n) is 3.18. The molecule has 1 aliphatic rings. The van der Waals surface area contributed by atoms with Gasteiger partial charge in [-0.1, -0.05) is 0 Å². The SMILES string of the molecule is CNc1snc(C)c1C(=O)NCC1(O)CCC1. The van der Waals surface area contributed by atoms with Gasteiger partial charge in [0.05, 0.1) is 16.9 Å². The first-order chi connectivity index (χ1) is 8.06. The molecule has 1 aliphatic carbocycles. The summed E-state index contributed by atoms with van der Waals surface area (Å²) in [6.45, 7) is 2.13. The van der Waals surface area contributed by atoms with Crippen LogP contribution >= 0.6 is 11.5 Å². The van der Waals surface area contributed by atoms with Crippen molar-refractivity contribution in [1.29, 1.82) is 0 Å². The van der Waals surface area contributed by atoms with Crippen LogP contribution in [0.1, 0.15) is 35.3 Å². The summed E-state index contributed by atoms with van der Waals surface area (Å²) in [5.74, 6) is -0.166. The van der Waals surface area contributed by atoms with Crippen molar-refractivity contribution in [1.82, 2.24) is 9.69 Å². The highest BCUT2D eigenvalue weighted by Crippen LogP contribution is 2.31. The molecule has 5 nitrogen and oxygen atoms in total. The number of rotatable bonds is 4. The fourth-order valence-electron chi connectivity index (χ4n) is 1.90. The van der Waals surface area contributed by atoms with E-state index in [1.807, 2.05) is 6.92 Å². The smallest absolute Gasteiger partial charge is 0.256 e. The highest BCUT2D eigenvalue weighted by molar-refractivity contribution is 7.10. The van der Waals surface area contributed by atoms with E-state index in [1.165, 1.54) is 11.5 Å². The van der Waals surface area contributed by atoms with Crippen molar-refractivity contribution in [3.63, 3.8) is 0 Å². The number of hydrogen-bond acceptors (Lipinski definition) is 5. The first-order valence-corrected chi connectivity index (χ1v) is 6.48. The van der Waals surface area contributed by atoms with Crippen LogP contribution in [0.5, 0.6) is 0 Å². The molecule has 3 N–H and O–H groups in total. The summed E-state index contributed by atoms with van der Waals surface area (Å²) in [7, 11) is 1.77. The lowest BCUT2D eigenvalue weighted by molar-refractivity contribution is -0.0300. The molecule has 6 heteroatoms. The van der Waals surface area contributed by atoms with Gasteiger partial charge in [-0.15, -0.1) is 0 Å². The van der Waals surface area contributed by atoms with Crippen molar-refractivity contribution >= 4 is 22.4 Å². The zero-order chi connectivity index (χ0) is 12.5. The normalized spacial score (nSPS) is 17.4. The maximum Gasteiger partial charge on any atom is 0.256 e. The Kier molecular flexibility index (Phi) is 3.35.